The van der Waals surface area contributed by atoms with Gasteiger partial charge >= 0.3 is 5.97 Å². The summed E-state index contributed by atoms with van der Waals surface area (Å²) < 4.78 is 5.09. The summed E-state index contributed by atoms with van der Waals surface area (Å²) in [4.78, 5) is 19.3. The highest BCUT2D eigenvalue weighted by molar-refractivity contribution is 5.74. The fraction of sp³-hybridized carbons (Fsp3) is 0.0833. The standard InChI is InChI=1S/C12H10N2O2/c15-12(7-10-3-1-5-13-8-10)16-11-4-2-6-14-9-11/h1-6,8-9H,7H2. The molecule has 0 atom stereocenters. The summed E-state index contributed by atoms with van der Waals surface area (Å²) in [6.07, 6.45) is 6.64. The van der Waals surface area contributed by atoms with Crippen LogP contribution in [-0.4, -0.2) is 15.9 Å². The molecule has 0 unspecified atom stereocenters. The summed E-state index contributed by atoms with van der Waals surface area (Å²) in [6.45, 7) is 0. The molecule has 0 aliphatic rings. The lowest BCUT2D eigenvalue weighted by Crippen LogP contribution is -2.11. The number of hydrogen-bond acceptors (Lipinski definition) is 4. The molecule has 0 saturated carbocycles. The molecular weight excluding hydrogens is 204 g/mol. The van der Waals surface area contributed by atoms with Gasteiger partial charge in [0.1, 0.15) is 5.75 Å². The third-order valence-electron chi connectivity index (χ3n) is 1.94. The smallest absolute Gasteiger partial charge is 0.315 e. The molecule has 0 radical (unpaired) electrons. The van der Waals surface area contributed by atoms with Crippen LogP contribution < -0.4 is 4.74 Å². The molecule has 0 N–H and O–H groups in total. The van der Waals surface area contributed by atoms with Crippen molar-refractivity contribution in [2.75, 3.05) is 0 Å². The second-order valence-electron chi connectivity index (χ2n) is 3.20. The zero-order valence-corrected chi connectivity index (χ0v) is 8.54. The number of pyridine rings is 2. The van der Waals surface area contributed by atoms with Crippen molar-refractivity contribution in [1.29, 1.82) is 0 Å². The molecule has 4 heteroatoms. The van der Waals surface area contributed by atoms with E-state index in [1.54, 1.807) is 36.8 Å². The Balaban J connectivity index is 1.95. The first-order valence-electron chi connectivity index (χ1n) is 4.84. The van der Waals surface area contributed by atoms with Crippen LogP contribution >= 0.6 is 0 Å². The van der Waals surface area contributed by atoms with E-state index in [0.29, 0.717) is 5.75 Å². The summed E-state index contributed by atoms with van der Waals surface area (Å²) in [6, 6.07) is 7.02. The van der Waals surface area contributed by atoms with Crippen LogP contribution in [0.1, 0.15) is 5.56 Å². The van der Waals surface area contributed by atoms with Crippen LogP contribution in [0.4, 0.5) is 0 Å². The predicted octanol–water partition coefficient (Wildman–Crippen LogP) is 1.62. The first-order valence-corrected chi connectivity index (χ1v) is 4.84. The van der Waals surface area contributed by atoms with Crippen LogP contribution in [0.2, 0.25) is 0 Å². The monoisotopic (exact) mass is 214 g/mol. The molecule has 80 valence electrons. The van der Waals surface area contributed by atoms with Crippen molar-refractivity contribution in [3.05, 3.63) is 54.6 Å². The van der Waals surface area contributed by atoms with E-state index < -0.39 is 0 Å². The van der Waals surface area contributed by atoms with Gasteiger partial charge in [0.25, 0.3) is 0 Å². The van der Waals surface area contributed by atoms with E-state index in [2.05, 4.69) is 9.97 Å². The maximum atomic E-state index is 11.5. The average molecular weight is 214 g/mol. The third-order valence-corrected chi connectivity index (χ3v) is 1.94. The quantitative estimate of drug-likeness (QED) is 0.728. The number of carbonyl (C=O) groups excluding carboxylic acids is 1. The van der Waals surface area contributed by atoms with Gasteiger partial charge in [-0.3, -0.25) is 14.8 Å². The number of hydrogen-bond donors (Lipinski definition) is 0. The largest absolute Gasteiger partial charge is 0.425 e. The van der Waals surface area contributed by atoms with Crippen LogP contribution in [-0.2, 0) is 11.2 Å². The lowest BCUT2D eigenvalue weighted by atomic mass is 10.2. The van der Waals surface area contributed by atoms with Crippen molar-refractivity contribution >= 4 is 5.97 Å². The zero-order chi connectivity index (χ0) is 11.2. The van der Waals surface area contributed by atoms with Gasteiger partial charge in [0, 0.05) is 18.6 Å². The average Bonchev–Trinajstić information content (AvgIpc) is 2.31. The number of rotatable bonds is 3. The van der Waals surface area contributed by atoms with Crippen LogP contribution in [0.3, 0.4) is 0 Å². The third kappa shape index (κ3) is 2.88. The number of carbonyl (C=O) groups is 1. The highest BCUT2D eigenvalue weighted by Gasteiger charge is 2.05. The SMILES string of the molecule is O=C(Cc1cccnc1)Oc1cccnc1. The maximum absolute atomic E-state index is 11.5. The molecule has 0 aromatic carbocycles. The molecule has 2 rings (SSSR count). The van der Waals surface area contributed by atoms with E-state index in [4.69, 9.17) is 4.74 Å². The van der Waals surface area contributed by atoms with Crippen molar-refractivity contribution in [2.45, 2.75) is 6.42 Å². The zero-order valence-electron chi connectivity index (χ0n) is 8.54. The van der Waals surface area contributed by atoms with Crippen molar-refractivity contribution in [3.63, 3.8) is 0 Å². The van der Waals surface area contributed by atoms with Crippen molar-refractivity contribution in [2.24, 2.45) is 0 Å². The van der Waals surface area contributed by atoms with Crippen molar-refractivity contribution < 1.29 is 9.53 Å². The number of ether oxygens (including phenoxy) is 1. The summed E-state index contributed by atoms with van der Waals surface area (Å²) >= 11 is 0. The highest BCUT2D eigenvalue weighted by Crippen LogP contribution is 2.08. The number of aromatic nitrogens is 2. The van der Waals surface area contributed by atoms with Gasteiger partial charge in [-0.1, -0.05) is 6.07 Å². The van der Waals surface area contributed by atoms with E-state index in [9.17, 15) is 4.79 Å². The molecule has 0 aliphatic carbocycles. The van der Waals surface area contributed by atoms with Crippen LogP contribution in [0.5, 0.6) is 5.75 Å². The Morgan fingerprint density at radius 3 is 2.50 bits per heavy atom. The molecule has 0 spiro atoms. The first-order chi connectivity index (χ1) is 7.84. The Hall–Kier alpha value is -2.23. The van der Waals surface area contributed by atoms with Crippen LogP contribution in [0.25, 0.3) is 0 Å². The number of esters is 1. The summed E-state index contributed by atoms with van der Waals surface area (Å²) in [5.74, 6) is 0.136. The second-order valence-corrected chi connectivity index (χ2v) is 3.20. The van der Waals surface area contributed by atoms with Crippen molar-refractivity contribution in [3.8, 4) is 5.75 Å². The van der Waals surface area contributed by atoms with Gasteiger partial charge in [0.05, 0.1) is 12.6 Å². The van der Waals surface area contributed by atoms with Crippen LogP contribution in [0.15, 0.2) is 49.1 Å². The normalized spacial score (nSPS) is 9.75. The van der Waals surface area contributed by atoms with Gasteiger partial charge in [0.15, 0.2) is 0 Å². The molecule has 2 aromatic rings. The van der Waals surface area contributed by atoms with E-state index >= 15 is 0 Å². The first kappa shape index (κ1) is 10.3. The van der Waals surface area contributed by atoms with Crippen LogP contribution in [0, 0.1) is 0 Å². The molecule has 2 heterocycles. The van der Waals surface area contributed by atoms with Gasteiger partial charge in [-0.2, -0.15) is 0 Å². The molecule has 0 saturated heterocycles. The fourth-order valence-corrected chi connectivity index (χ4v) is 1.24. The van der Waals surface area contributed by atoms with Gasteiger partial charge < -0.3 is 4.74 Å². The van der Waals surface area contributed by atoms with E-state index in [0.717, 1.165) is 5.56 Å². The van der Waals surface area contributed by atoms with Crippen molar-refractivity contribution in [1.82, 2.24) is 9.97 Å². The summed E-state index contributed by atoms with van der Waals surface area (Å²) in [5.41, 5.74) is 0.830. The Morgan fingerprint density at radius 2 is 1.88 bits per heavy atom. The molecule has 16 heavy (non-hydrogen) atoms. The molecule has 0 amide bonds. The Bertz CT molecular complexity index is 413. The second kappa shape index (κ2) is 5.02. The van der Waals surface area contributed by atoms with Gasteiger partial charge in [-0.15, -0.1) is 0 Å². The van der Waals surface area contributed by atoms with Gasteiger partial charge in [-0.25, -0.2) is 0 Å². The Labute approximate surface area is 92.9 Å². The Morgan fingerprint density at radius 1 is 1.12 bits per heavy atom. The fourth-order valence-electron chi connectivity index (χ4n) is 1.24. The minimum Gasteiger partial charge on any atom is -0.425 e. The minimum absolute atomic E-state index is 0.211. The summed E-state index contributed by atoms with van der Waals surface area (Å²) in [5, 5.41) is 0. The lowest BCUT2D eigenvalue weighted by molar-refractivity contribution is -0.133. The predicted molar refractivity (Wildman–Crippen MR) is 57.8 cm³/mol. The number of nitrogens with zero attached hydrogens (tertiary/aromatic N) is 2. The topological polar surface area (TPSA) is 52.1 Å². The van der Waals surface area contributed by atoms with E-state index in [-0.39, 0.29) is 12.4 Å². The molecule has 2 aromatic heterocycles. The minimum atomic E-state index is -0.319. The van der Waals surface area contributed by atoms with Gasteiger partial charge in [-0.05, 0) is 23.8 Å². The maximum Gasteiger partial charge on any atom is 0.315 e. The molecule has 0 fully saturated rings. The molecule has 0 bridgehead atoms. The Kier molecular flexibility index (Phi) is 3.23. The molecule has 4 nitrogen and oxygen atoms in total. The van der Waals surface area contributed by atoms with Gasteiger partial charge in [0.2, 0.25) is 0 Å². The summed E-state index contributed by atoms with van der Waals surface area (Å²) in [7, 11) is 0. The molecule has 0 aliphatic heterocycles. The highest BCUT2D eigenvalue weighted by atomic mass is 16.5. The lowest BCUT2D eigenvalue weighted by Gasteiger charge is -2.02. The molecular formula is C12H10N2O2. The van der Waals surface area contributed by atoms with E-state index in [1.165, 1.54) is 6.20 Å². The van der Waals surface area contributed by atoms with E-state index in [1.807, 2.05) is 6.07 Å².